The summed E-state index contributed by atoms with van der Waals surface area (Å²) in [6.45, 7) is 6.53. The van der Waals surface area contributed by atoms with Crippen molar-refractivity contribution >= 4 is 17.9 Å². The van der Waals surface area contributed by atoms with Crippen molar-refractivity contribution in [3.63, 3.8) is 0 Å². The molecule has 0 spiro atoms. The molecule has 0 aromatic rings. The van der Waals surface area contributed by atoms with Crippen molar-refractivity contribution in [1.82, 2.24) is 0 Å². The minimum absolute atomic E-state index is 0.0762. The van der Waals surface area contributed by atoms with Crippen LogP contribution in [0, 0.1) is 0 Å². The van der Waals surface area contributed by atoms with Crippen LogP contribution in [-0.2, 0) is 28.6 Å². The van der Waals surface area contributed by atoms with E-state index >= 15 is 0 Å². The van der Waals surface area contributed by atoms with E-state index in [9.17, 15) is 14.4 Å². The first-order chi connectivity index (χ1) is 31.0. The molecule has 6 heteroatoms. The van der Waals surface area contributed by atoms with E-state index in [0.717, 1.165) is 83.5 Å². The standard InChI is InChI=1S/C57H102O6/c1-4-7-10-13-15-17-19-21-22-23-24-25-26-27-28-29-30-31-32-33-34-36-37-39-41-44-47-50-56(59)62-53-54(52-61-55(58)49-46-43-12-9-6-3)63-57(60)51-48-45-42-40-38-35-20-18-16-14-11-8-5-2/h18-21,23-24,26-27,54H,4-17,22,25,28-53H2,1-3H3/b20-18-,21-19-,24-23-,27-26-. The number of hydrogen-bond donors (Lipinski definition) is 0. The molecule has 0 bridgehead atoms. The van der Waals surface area contributed by atoms with Gasteiger partial charge in [-0.25, -0.2) is 0 Å². The third kappa shape index (κ3) is 50.2. The van der Waals surface area contributed by atoms with E-state index in [4.69, 9.17) is 14.2 Å². The zero-order valence-electron chi connectivity index (χ0n) is 41.8. The molecule has 0 aliphatic heterocycles. The Balaban J connectivity index is 4.03. The molecule has 0 rings (SSSR count). The number of hydrogen-bond acceptors (Lipinski definition) is 6. The van der Waals surface area contributed by atoms with Gasteiger partial charge in [-0.15, -0.1) is 0 Å². The van der Waals surface area contributed by atoms with Gasteiger partial charge in [-0.3, -0.25) is 14.4 Å². The van der Waals surface area contributed by atoms with Gasteiger partial charge in [0.2, 0.25) is 0 Å². The molecule has 0 amide bonds. The highest BCUT2D eigenvalue weighted by atomic mass is 16.6. The average Bonchev–Trinajstić information content (AvgIpc) is 3.28. The monoisotopic (exact) mass is 883 g/mol. The van der Waals surface area contributed by atoms with Crippen molar-refractivity contribution in [3.05, 3.63) is 48.6 Å². The Kier molecular flexibility index (Phi) is 49.8. The van der Waals surface area contributed by atoms with Gasteiger partial charge in [-0.1, -0.05) is 223 Å². The van der Waals surface area contributed by atoms with Crippen LogP contribution in [0.5, 0.6) is 0 Å². The first kappa shape index (κ1) is 60.4. The molecule has 0 heterocycles. The number of ether oxygens (including phenoxy) is 3. The van der Waals surface area contributed by atoms with Crippen LogP contribution in [0.25, 0.3) is 0 Å². The summed E-state index contributed by atoms with van der Waals surface area (Å²) in [4.78, 5) is 37.6. The molecule has 63 heavy (non-hydrogen) atoms. The number of carbonyl (C=O) groups excluding carboxylic acids is 3. The lowest BCUT2D eigenvalue weighted by Gasteiger charge is -2.18. The number of esters is 3. The predicted molar refractivity (Wildman–Crippen MR) is 270 cm³/mol. The highest BCUT2D eigenvalue weighted by Gasteiger charge is 2.19. The lowest BCUT2D eigenvalue weighted by atomic mass is 10.0. The van der Waals surface area contributed by atoms with E-state index in [1.807, 2.05) is 0 Å². The lowest BCUT2D eigenvalue weighted by molar-refractivity contribution is -0.167. The summed E-state index contributed by atoms with van der Waals surface area (Å²) < 4.78 is 16.7. The molecule has 1 unspecified atom stereocenters. The molecule has 0 aliphatic carbocycles. The highest BCUT2D eigenvalue weighted by molar-refractivity contribution is 5.71. The van der Waals surface area contributed by atoms with Crippen LogP contribution >= 0.6 is 0 Å². The second kappa shape index (κ2) is 52.0. The number of carbonyl (C=O) groups is 3. The van der Waals surface area contributed by atoms with Crippen LogP contribution < -0.4 is 0 Å². The summed E-state index contributed by atoms with van der Waals surface area (Å²) in [7, 11) is 0. The number of rotatable bonds is 49. The summed E-state index contributed by atoms with van der Waals surface area (Å²) in [6.07, 6.45) is 62.9. The van der Waals surface area contributed by atoms with Gasteiger partial charge >= 0.3 is 17.9 Å². The molecule has 0 radical (unpaired) electrons. The molecule has 6 nitrogen and oxygen atoms in total. The molecule has 0 saturated heterocycles. The second-order valence-electron chi connectivity index (χ2n) is 18.1. The van der Waals surface area contributed by atoms with Gasteiger partial charge in [0.1, 0.15) is 13.2 Å². The van der Waals surface area contributed by atoms with Gasteiger partial charge in [0.05, 0.1) is 0 Å². The summed E-state index contributed by atoms with van der Waals surface area (Å²) in [5, 5.41) is 0. The van der Waals surface area contributed by atoms with Crippen LogP contribution in [0.2, 0.25) is 0 Å². The van der Waals surface area contributed by atoms with Gasteiger partial charge in [0.15, 0.2) is 6.10 Å². The summed E-state index contributed by atoms with van der Waals surface area (Å²) in [6, 6.07) is 0. The molecule has 0 N–H and O–H groups in total. The van der Waals surface area contributed by atoms with Crippen LogP contribution in [0.15, 0.2) is 48.6 Å². The maximum absolute atomic E-state index is 12.7. The smallest absolute Gasteiger partial charge is 0.306 e. The van der Waals surface area contributed by atoms with Crippen LogP contribution in [0.4, 0.5) is 0 Å². The van der Waals surface area contributed by atoms with Crippen molar-refractivity contribution < 1.29 is 28.6 Å². The molecule has 0 fully saturated rings. The molecule has 0 aromatic carbocycles. The van der Waals surface area contributed by atoms with Crippen LogP contribution in [0.3, 0.4) is 0 Å². The summed E-state index contributed by atoms with van der Waals surface area (Å²) in [5.41, 5.74) is 0. The zero-order chi connectivity index (χ0) is 45.8. The Hall–Kier alpha value is -2.63. The minimum atomic E-state index is -0.772. The van der Waals surface area contributed by atoms with E-state index in [-0.39, 0.29) is 31.1 Å². The van der Waals surface area contributed by atoms with Gasteiger partial charge < -0.3 is 14.2 Å². The quantitative estimate of drug-likeness (QED) is 0.0262. The predicted octanol–water partition coefficient (Wildman–Crippen LogP) is 17.9. The average molecular weight is 883 g/mol. The first-order valence-electron chi connectivity index (χ1n) is 27.1. The van der Waals surface area contributed by atoms with Crippen molar-refractivity contribution in [1.29, 1.82) is 0 Å². The van der Waals surface area contributed by atoms with E-state index in [1.54, 1.807) is 0 Å². The first-order valence-corrected chi connectivity index (χ1v) is 27.1. The van der Waals surface area contributed by atoms with E-state index in [0.29, 0.717) is 19.3 Å². The number of unbranched alkanes of at least 4 members (excludes halogenated alkanes) is 30. The SMILES string of the molecule is CCCCCC/C=C\CCCCCCCC(=O)OC(COC(=O)CCCCCCC)COC(=O)CCCCCCCCCCCCCC/C=C\C/C=C\C/C=C\CCCCCCC. The van der Waals surface area contributed by atoms with E-state index in [2.05, 4.69) is 69.4 Å². The molecule has 0 saturated carbocycles. The van der Waals surface area contributed by atoms with E-state index < -0.39 is 6.10 Å². The molecule has 0 aromatic heterocycles. The molecule has 0 aliphatic rings. The Labute approximate surface area is 390 Å². The Bertz CT molecular complexity index is 1110. The number of allylic oxidation sites excluding steroid dienone is 8. The third-order valence-electron chi connectivity index (χ3n) is 11.8. The van der Waals surface area contributed by atoms with Gasteiger partial charge in [0, 0.05) is 19.3 Å². The molecular formula is C57H102O6. The minimum Gasteiger partial charge on any atom is -0.462 e. The maximum Gasteiger partial charge on any atom is 0.306 e. The van der Waals surface area contributed by atoms with Gasteiger partial charge in [0.25, 0.3) is 0 Å². The fourth-order valence-corrected chi connectivity index (χ4v) is 7.68. The summed E-state index contributed by atoms with van der Waals surface area (Å²) in [5.74, 6) is -0.895. The van der Waals surface area contributed by atoms with Crippen LogP contribution in [0.1, 0.15) is 278 Å². The van der Waals surface area contributed by atoms with Crippen molar-refractivity contribution in [2.24, 2.45) is 0 Å². The van der Waals surface area contributed by atoms with Crippen molar-refractivity contribution in [2.45, 2.75) is 284 Å². The van der Waals surface area contributed by atoms with Gasteiger partial charge in [-0.2, -0.15) is 0 Å². The maximum atomic E-state index is 12.7. The van der Waals surface area contributed by atoms with E-state index in [1.165, 1.54) is 154 Å². The highest BCUT2D eigenvalue weighted by Crippen LogP contribution is 2.15. The molecular weight excluding hydrogens is 781 g/mol. The Morgan fingerprint density at radius 1 is 0.317 bits per heavy atom. The van der Waals surface area contributed by atoms with Crippen molar-refractivity contribution in [3.8, 4) is 0 Å². The Morgan fingerprint density at radius 3 is 0.921 bits per heavy atom. The van der Waals surface area contributed by atoms with Crippen LogP contribution in [-0.4, -0.2) is 37.2 Å². The molecule has 1 atom stereocenters. The lowest BCUT2D eigenvalue weighted by Crippen LogP contribution is -2.30. The fraction of sp³-hybridized carbons (Fsp3) is 0.807. The fourth-order valence-electron chi connectivity index (χ4n) is 7.68. The third-order valence-corrected chi connectivity index (χ3v) is 11.8. The van der Waals surface area contributed by atoms with Gasteiger partial charge in [-0.05, 0) is 83.5 Å². The normalized spacial score (nSPS) is 12.4. The summed E-state index contributed by atoms with van der Waals surface area (Å²) >= 11 is 0. The Morgan fingerprint density at radius 2 is 0.571 bits per heavy atom. The largest absolute Gasteiger partial charge is 0.462 e. The topological polar surface area (TPSA) is 78.9 Å². The van der Waals surface area contributed by atoms with Crippen molar-refractivity contribution in [2.75, 3.05) is 13.2 Å². The second-order valence-corrected chi connectivity index (χ2v) is 18.1. The molecule has 366 valence electrons. The zero-order valence-corrected chi connectivity index (χ0v) is 41.8.